The van der Waals surface area contributed by atoms with Gasteiger partial charge in [-0.1, -0.05) is 117 Å². The smallest absolute Gasteiger partial charge is 0.407 e. The maximum atomic E-state index is 13.1. The Bertz CT molecular complexity index is 1040. The fourth-order valence-corrected chi connectivity index (χ4v) is 7.52. The maximum Gasteiger partial charge on any atom is 0.407 e. The molecule has 3 atom stereocenters. The van der Waals surface area contributed by atoms with Gasteiger partial charge in [0.2, 0.25) is 0 Å². The number of likely N-dealkylation sites (tertiary alicyclic amines) is 1. The molecule has 0 bridgehead atoms. The predicted molar refractivity (Wildman–Crippen MR) is 246 cm³/mol. The van der Waals surface area contributed by atoms with Crippen molar-refractivity contribution >= 4 is 18.0 Å². The molecule has 1 fully saturated rings. The van der Waals surface area contributed by atoms with Crippen molar-refractivity contribution in [2.24, 2.45) is 11.8 Å². The summed E-state index contributed by atoms with van der Waals surface area (Å²) >= 11 is 0. The van der Waals surface area contributed by atoms with Gasteiger partial charge in [0.05, 0.1) is 19.6 Å². The fraction of sp³-hybridized carbons (Fsp3) is 0.840. The van der Waals surface area contributed by atoms with Crippen molar-refractivity contribution in [3.63, 3.8) is 0 Å². The number of rotatable bonds is 41. The van der Waals surface area contributed by atoms with Crippen molar-refractivity contribution in [3.8, 4) is 0 Å². The Morgan fingerprint density at radius 1 is 0.633 bits per heavy atom. The molecule has 10 heteroatoms. The van der Waals surface area contributed by atoms with Crippen molar-refractivity contribution in [1.29, 1.82) is 0 Å². The van der Waals surface area contributed by atoms with E-state index in [2.05, 4.69) is 68.6 Å². The van der Waals surface area contributed by atoms with E-state index in [0.29, 0.717) is 44.9 Å². The Morgan fingerprint density at radius 3 is 1.80 bits per heavy atom. The van der Waals surface area contributed by atoms with Gasteiger partial charge >= 0.3 is 18.0 Å². The monoisotopic (exact) mass is 848 g/mol. The highest BCUT2D eigenvalue weighted by molar-refractivity contribution is 5.70. The third-order valence-electron chi connectivity index (χ3n) is 11.3. The van der Waals surface area contributed by atoms with Crippen molar-refractivity contribution in [1.82, 2.24) is 10.2 Å². The lowest BCUT2D eigenvalue weighted by Gasteiger charge is -2.21. The van der Waals surface area contributed by atoms with Crippen molar-refractivity contribution < 1.29 is 38.1 Å². The first-order valence-corrected chi connectivity index (χ1v) is 24.6. The minimum Gasteiger partial charge on any atom is -0.465 e. The van der Waals surface area contributed by atoms with Crippen LogP contribution in [0.15, 0.2) is 24.3 Å². The highest BCUT2D eigenvalue weighted by Gasteiger charge is 2.20. The second kappa shape index (κ2) is 40.6. The molecule has 60 heavy (non-hydrogen) atoms. The number of alkyl carbamates (subject to hydrolysis) is 1. The Morgan fingerprint density at radius 2 is 1.22 bits per heavy atom. The molecule has 0 saturated carbocycles. The predicted octanol–water partition coefficient (Wildman–Crippen LogP) is 12.2. The number of carbonyl (C=O) groups is 3. The number of carbonyl (C=O) groups excluding carboxylic acids is 3. The number of nitrogens with one attached hydrogen (secondary N) is 1. The Balaban J connectivity index is 2.73. The summed E-state index contributed by atoms with van der Waals surface area (Å²) in [6.07, 6.45) is 33.8. The zero-order chi connectivity index (χ0) is 43.7. The fourth-order valence-electron chi connectivity index (χ4n) is 7.52. The second-order valence-electron chi connectivity index (χ2n) is 16.8. The van der Waals surface area contributed by atoms with Crippen LogP contribution in [-0.2, 0) is 33.3 Å². The van der Waals surface area contributed by atoms with Gasteiger partial charge in [-0.15, -0.1) is 0 Å². The van der Waals surface area contributed by atoms with Gasteiger partial charge in [-0.05, 0) is 109 Å². The number of nitrogens with zero attached hydrogens (tertiary/aromatic N) is 1. The van der Waals surface area contributed by atoms with E-state index in [0.717, 1.165) is 96.7 Å². The van der Waals surface area contributed by atoms with Crippen LogP contribution in [-0.4, -0.2) is 87.9 Å². The Kier molecular flexibility index (Phi) is 37.6. The Labute approximate surface area is 368 Å². The standard InChI is InChI=1S/C50H91N2O8/c1-6-11-15-17-19-25-40-56-49(57-41-26-20-18-16-12-7-2)35-34-48(54)59-43-45(31-27-30-44(28-21-13-8-3)29-22-14-9-4)42-58-47(53)33-32-46(10-5)60-50(55)51-36-39-52-37-23-24-38-52/h8,11-12,15-16,44-46,49H,6-7,9-10,13-14,17-43H2,1-5H3,(H,51,55)/b15-11-,16-12-. The van der Waals surface area contributed by atoms with Gasteiger partial charge in [0.15, 0.2) is 6.29 Å². The molecular formula is C50H91N2O8. The number of unbranched alkanes of at least 4 members (excludes halogenated alkanes) is 8. The molecule has 0 aromatic carbocycles. The lowest BCUT2D eigenvalue weighted by atomic mass is 9.89. The van der Waals surface area contributed by atoms with Gasteiger partial charge in [0, 0.05) is 45.1 Å². The van der Waals surface area contributed by atoms with Gasteiger partial charge in [-0.3, -0.25) is 9.59 Å². The molecule has 1 N–H and O–H groups in total. The second-order valence-corrected chi connectivity index (χ2v) is 16.8. The average molecular weight is 848 g/mol. The molecule has 1 saturated heterocycles. The summed E-state index contributed by atoms with van der Waals surface area (Å²) in [5.74, 6) is -0.0170. The van der Waals surface area contributed by atoms with Crippen LogP contribution in [0.25, 0.3) is 0 Å². The summed E-state index contributed by atoms with van der Waals surface area (Å²) in [4.78, 5) is 40.9. The highest BCUT2D eigenvalue weighted by Crippen LogP contribution is 2.25. The van der Waals surface area contributed by atoms with Crippen LogP contribution in [0.3, 0.4) is 0 Å². The molecular weight excluding hydrogens is 757 g/mol. The molecule has 1 radical (unpaired) electrons. The van der Waals surface area contributed by atoms with Crippen LogP contribution in [0.5, 0.6) is 0 Å². The first-order chi connectivity index (χ1) is 29.3. The number of amides is 1. The zero-order valence-electron chi connectivity index (χ0n) is 39.2. The normalized spacial score (nSPS) is 14.4. The molecule has 0 spiro atoms. The third-order valence-corrected chi connectivity index (χ3v) is 11.3. The summed E-state index contributed by atoms with van der Waals surface area (Å²) in [6.45, 7) is 15.8. The number of esters is 2. The van der Waals surface area contributed by atoms with Crippen LogP contribution >= 0.6 is 0 Å². The minimum absolute atomic E-state index is 0.0930. The van der Waals surface area contributed by atoms with Gasteiger partial charge in [0.1, 0.15) is 6.10 Å². The first-order valence-electron chi connectivity index (χ1n) is 24.6. The zero-order valence-corrected chi connectivity index (χ0v) is 39.2. The maximum absolute atomic E-state index is 13.1. The van der Waals surface area contributed by atoms with E-state index in [1.807, 2.05) is 6.92 Å². The van der Waals surface area contributed by atoms with Gasteiger partial charge in [0.25, 0.3) is 0 Å². The molecule has 349 valence electrons. The van der Waals surface area contributed by atoms with E-state index in [1.54, 1.807) is 0 Å². The molecule has 10 nitrogen and oxygen atoms in total. The van der Waals surface area contributed by atoms with E-state index in [1.165, 1.54) is 51.4 Å². The summed E-state index contributed by atoms with van der Waals surface area (Å²) in [7, 11) is 0. The lowest BCUT2D eigenvalue weighted by molar-refractivity contribution is -0.161. The van der Waals surface area contributed by atoms with Crippen LogP contribution in [0.1, 0.15) is 195 Å². The number of hydrogen-bond donors (Lipinski definition) is 1. The van der Waals surface area contributed by atoms with E-state index < -0.39 is 12.4 Å². The van der Waals surface area contributed by atoms with Crippen LogP contribution in [0, 0.1) is 18.3 Å². The molecule has 1 amide bonds. The lowest BCUT2D eigenvalue weighted by Crippen LogP contribution is -2.35. The topological polar surface area (TPSA) is 113 Å². The average Bonchev–Trinajstić information content (AvgIpc) is 3.77. The molecule has 0 aromatic heterocycles. The van der Waals surface area contributed by atoms with Crippen molar-refractivity contribution in [3.05, 3.63) is 30.7 Å². The highest BCUT2D eigenvalue weighted by atomic mass is 16.7. The third kappa shape index (κ3) is 33.2. The SMILES string of the molecule is C[CH]CCCC(CCCCC)CCCC(COC(=O)CCC(CC)OC(=O)NCCN1CCCC1)COC(=O)CCC(OCCCC/C=C\CC)OCCCC/C=C\CC. The summed E-state index contributed by atoms with van der Waals surface area (Å²) in [6, 6.07) is 0. The van der Waals surface area contributed by atoms with E-state index in [9.17, 15) is 14.4 Å². The van der Waals surface area contributed by atoms with Gasteiger partial charge in [-0.25, -0.2) is 4.79 Å². The number of hydrogen-bond acceptors (Lipinski definition) is 9. The Hall–Kier alpha value is -2.43. The quantitative estimate of drug-likeness (QED) is 0.0211. The summed E-state index contributed by atoms with van der Waals surface area (Å²) < 4.78 is 29.5. The molecule has 0 aliphatic carbocycles. The van der Waals surface area contributed by atoms with E-state index >= 15 is 0 Å². The van der Waals surface area contributed by atoms with Crippen LogP contribution < -0.4 is 5.32 Å². The van der Waals surface area contributed by atoms with Crippen LogP contribution in [0.2, 0.25) is 0 Å². The molecule has 1 aliphatic rings. The molecule has 1 aliphatic heterocycles. The number of allylic oxidation sites excluding steroid dienone is 4. The van der Waals surface area contributed by atoms with E-state index in [4.69, 9.17) is 23.7 Å². The largest absolute Gasteiger partial charge is 0.465 e. The van der Waals surface area contributed by atoms with Crippen molar-refractivity contribution in [2.75, 3.05) is 52.6 Å². The summed E-state index contributed by atoms with van der Waals surface area (Å²) in [5, 5.41) is 2.85. The first kappa shape index (κ1) is 55.6. The minimum atomic E-state index is -0.446. The molecule has 0 aromatic rings. The van der Waals surface area contributed by atoms with E-state index in [-0.39, 0.29) is 50.0 Å². The van der Waals surface area contributed by atoms with Gasteiger partial charge in [-0.2, -0.15) is 0 Å². The summed E-state index contributed by atoms with van der Waals surface area (Å²) in [5.41, 5.74) is 0. The van der Waals surface area contributed by atoms with Crippen LogP contribution in [0.4, 0.5) is 4.79 Å². The molecule has 3 unspecified atom stereocenters. The number of ether oxygens (including phenoxy) is 5. The van der Waals surface area contributed by atoms with Gasteiger partial charge < -0.3 is 33.9 Å². The molecule has 1 heterocycles. The molecule has 1 rings (SSSR count). The van der Waals surface area contributed by atoms with Crippen molar-refractivity contribution in [2.45, 2.75) is 208 Å².